The van der Waals surface area contributed by atoms with Crippen LogP contribution in [0, 0.1) is 5.92 Å². The number of rotatable bonds is 8. The van der Waals surface area contributed by atoms with Crippen LogP contribution in [0.15, 0.2) is 64.9 Å². The molecule has 28 heavy (non-hydrogen) atoms. The van der Waals surface area contributed by atoms with Crippen LogP contribution in [0.4, 0.5) is 5.13 Å². The average molecular weight is 416 g/mol. The molecule has 1 heterocycles. The smallest absolute Gasteiger partial charge is 0.263 e. The van der Waals surface area contributed by atoms with Crippen molar-refractivity contribution in [3.63, 3.8) is 0 Å². The van der Waals surface area contributed by atoms with Crippen molar-refractivity contribution >= 4 is 32.4 Å². The molecular weight excluding hydrogens is 394 g/mol. The number of anilines is 1. The number of amides is 1. The molecule has 1 unspecified atom stereocenters. The molecule has 0 saturated heterocycles. The molecule has 146 valence electrons. The number of aryl methyl sites for hydroxylation is 1. The largest absolute Gasteiger partial charge is 0.369 e. The molecule has 8 heteroatoms. The van der Waals surface area contributed by atoms with E-state index in [1.165, 1.54) is 11.3 Å². The number of carbonyl (C=O) groups excluding carboxylic acids is 1. The van der Waals surface area contributed by atoms with E-state index in [1.54, 1.807) is 36.6 Å². The molecule has 0 spiro atoms. The van der Waals surface area contributed by atoms with E-state index in [-0.39, 0.29) is 16.7 Å². The predicted octanol–water partition coefficient (Wildman–Crippen LogP) is 3.66. The molecule has 6 nitrogen and oxygen atoms in total. The molecule has 0 bridgehead atoms. The summed E-state index contributed by atoms with van der Waals surface area (Å²) < 4.78 is 27.7. The molecule has 0 aliphatic rings. The number of benzene rings is 2. The molecule has 3 N–H and O–H groups in total. The topological polar surface area (TPSA) is 102 Å². The Labute approximate surface area is 168 Å². The van der Waals surface area contributed by atoms with E-state index in [1.807, 2.05) is 30.3 Å². The quantitative estimate of drug-likeness (QED) is 0.586. The highest BCUT2D eigenvalue weighted by Gasteiger charge is 2.17. The maximum atomic E-state index is 12.6. The molecule has 3 rings (SSSR count). The summed E-state index contributed by atoms with van der Waals surface area (Å²) in [6, 6.07) is 16.5. The van der Waals surface area contributed by atoms with Gasteiger partial charge < -0.3 is 5.73 Å². The summed E-state index contributed by atoms with van der Waals surface area (Å²) in [5.74, 6) is -0.597. The van der Waals surface area contributed by atoms with Gasteiger partial charge in [-0.25, -0.2) is 13.4 Å². The van der Waals surface area contributed by atoms with Crippen molar-refractivity contribution in [2.75, 3.05) is 4.72 Å². The average Bonchev–Trinajstić information content (AvgIpc) is 3.13. The zero-order valence-electron chi connectivity index (χ0n) is 15.3. The Balaban J connectivity index is 1.68. The van der Waals surface area contributed by atoms with Crippen molar-refractivity contribution in [1.29, 1.82) is 0 Å². The molecule has 1 amide bonds. The van der Waals surface area contributed by atoms with Crippen LogP contribution < -0.4 is 10.5 Å². The van der Waals surface area contributed by atoms with E-state index in [9.17, 15) is 13.2 Å². The van der Waals surface area contributed by atoms with Crippen LogP contribution in [0.25, 0.3) is 11.1 Å². The standard InChI is InChI=1S/C20H21N3O3S2/c1-14(19(21)24)7-10-17-13-27-20(22-17)23-28(25,26)18-11-8-16(9-12-18)15-5-3-2-4-6-15/h2-6,8-9,11-14H,7,10H2,1H3,(H2,21,24)(H,22,23). The first-order valence-electron chi connectivity index (χ1n) is 8.77. The van der Waals surface area contributed by atoms with Crippen LogP contribution in [-0.2, 0) is 21.2 Å². The first-order chi connectivity index (χ1) is 13.3. The van der Waals surface area contributed by atoms with Crippen LogP contribution in [0.5, 0.6) is 0 Å². The van der Waals surface area contributed by atoms with Gasteiger partial charge in [0, 0.05) is 11.3 Å². The fraction of sp³-hybridized carbons (Fsp3) is 0.200. The number of nitrogens with zero attached hydrogens (tertiary/aromatic N) is 1. The first kappa shape index (κ1) is 20.0. The van der Waals surface area contributed by atoms with Gasteiger partial charge >= 0.3 is 0 Å². The minimum Gasteiger partial charge on any atom is -0.369 e. The van der Waals surface area contributed by atoms with Crippen molar-refractivity contribution in [3.8, 4) is 11.1 Å². The number of nitrogens with one attached hydrogen (secondary N) is 1. The van der Waals surface area contributed by atoms with Gasteiger partial charge in [-0.2, -0.15) is 0 Å². The highest BCUT2D eigenvalue weighted by atomic mass is 32.2. The van der Waals surface area contributed by atoms with E-state index in [2.05, 4.69) is 9.71 Å². The number of hydrogen-bond acceptors (Lipinski definition) is 5. The van der Waals surface area contributed by atoms with E-state index >= 15 is 0 Å². The molecular formula is C20H21N3O3S2. The van der Waals surface area contributed by atoms with Crippen molar-refractivity contribution in [1.82, 2.24) is 4.98 Å². The maximum Gasteiger partial charge on any atom is 0.263 e. The summed E-state index contributed by atoms with van der Waals surface area (Å²) in [6.45, 7) is 1.76. The van der Waals surface area contributed by atoms with Gasteiger partial charge in [0.1, 0.15) is 0 Å². The third-order valence-electron chi connectivity index (χ3n) is 4.36. The lowest BCUT2D eigenvalue weighted by molar-refractivity contribution is -0.121. The molecule has 0 aliphatic heterocycles. The van der Waals surface area contributed by atoms with Gasteiger partial charge in [0.25, 0.3) is 10.0 Å². The number of sulfonamides is 1. The van der Waals surface area contributed by atoms with Crippen LogP contribution in [0.1, 0.15) is 19.0 Å². The number of carbonyl (C=O) groups is 1. The monoisotopic (exact) mass is 415 g/mol. The second-order valence-corrected chi connectivity index (χ2v) is 9.02. The van der Waals surface area contributed by atoms with E-state index < -0.39 is 10.0 Å². The van der Waals surface area contributed by atoms with Gasteiger partial charge in [-0.3, -0.25) is 9.52 Å². The van der Waals surface area contributed by atoms with Crippen LogP contribution in [0.2, 0.25) is 0 Å². The summed E-state index contributed by atoms with van der Waals surface area (Å²) >= 11 is 1.21. The second kappa shape index (κ2) is 8.53. The van der Waals surface area contributed by atoms with Crippen molar-refractivity contribution in [2.45, 2.75) is 24.7 Å². The van der Waals surface area contributed by atoms with Crippen LogP contribution in [-0.4, -0.2) is 19.3 Å². The van der Waals surface area contributed by atoms with Gasteiger partial charge in [-0.05, 0) is 36.1 Å². The highest BCUT2D eigenvalue weighted by Crippen LogP contribution is 2.24. The Kier molecular flexibility index (Phi) is 6.11. The van der Waals surface area contributed by atoms with Gasteiger partial charge in [0.15, 0.2) is 5.13 Å². The van der Waals surface area contributed by atoms with Gasteiger partial charge in [0.05, 0.1) is 10.6 Å². The number of nitrogens with two attached hydrogens (primary N) is 1. The molecule has 3 aromatic rings. The Bertz CT molecular complexity index is 1050. The number of aromatic nitrogens is 1. The minimum absolute atomic E-state index is 0.172. The van der Waals surface area contributed by atoms with Gasteiger partial charge in [0.2, 0.25) is 5.91 Å². The SMILES string of the molecule is CC(CCc1csc(NS(=O)(=O)c2ccc(-c3ccccc3)cc2)n1)C(N)=O. The van der Waals surface area contributed by atoms with Crippen molar-refractivity contribution in [3.05, 3.63) is 65.7 Å². The first-order valence-corrected chi connectivity index (χ1v) is 11.1. The molecule has 0 saturated carbocycles. The third-order valence-corrected chi connectivity index (χ3v) is 6.65. The fourth-order valence-electron chi connectivity index (χ4n) is 2.61. The lowest BCUT2D eigenvalue weighted by atomic mass is 10.0. The second-order valence-electron chi connectivity index (χ2n) is 6.48. The van der Waals surface area contributed by atoms with Gasteiger partial charge in [-0.15, -0.1) is 11.3 Å². The lowest BCUT2D eigenvalue weighted by Crippen LogP contribution is -2.20. The molecule has 0 radical (unpaired) electrons. The zero-order chi connectivity index (χ0) is 20.1. The zero-order valence-corrected chi connectivity index (χ0v) is 17.0. The lowest BCUT2D eigenvalue weighted by Gasteiger charge is -2.07. The number of primary amides is 1. The van der Waals surface area contributed by atoms with E-state index in [0.717, 1.165) is 16.8 Å². The molecule has 0 fully saturated rings. The molecule has 1 atom stereocenters. The highest BCUT2D eigenvalue weighted by molar-refractivity contribution is 7.93. The summed E-state index contributed by atoms with van der Waals surface area (Å²) in [7, 11) is -3.72. The molecule has 2 aromatic carbocycles. The predicted molar refractivity (Wildman–Crippen MR) is 111 cm³/mol. The minimum atomic E-state index is -3.72. The Morgan fingerprint density at radius 3 is 2.39 bits per heavy atom. The Morgan fingerprint density at radius 1 is 1.11 bits per heavy atom. The molecule has 0 aliphatic carbocycles. The van der Waals surface area contributed by atoms with Gasteiger partial charge in [-0.1, -0.05) is 49.4 Å². The summed E-state index contributed by atoms with van der Waals surface area (Å²) in [4.78, 5) is 15.6. The fourth-order valence-corrected chi connectivity index (χ4v) is 4.60. The summed E-state index contributed by atoms with van der Waals surface area (Å²) in [5, 5.41) is 2.08. The normalized spacial score (nSPS) is 12.5. The van der Waals surface area contributed by atoms with Crippen molar-refractivity contribution < 1.29 is 13.2 Å². The van der Waals surface area contributed by atoms with E-state index in [4.69, 9.17) is 5.73 Å². The summed E-state index contributed by atoms with van der Waals surface area (Å²) in [5.41, 5.74) is 7.95. The van der Waals surface area contributed by atoms with Crippen LogP contribution in [0.3, 0.4) is 0 Å². The van der Waals surface area contributed by atoms with Crippen molar-refractivity contribution in [2.24, 2.45) is 11.7 Å². The third kappa shape index (κ3) is 4.96. The number of thiazole rings is 1. The van der Waals surface area contributed by atoms with E-state index in [0.29, 0.717) is 18.0 Å². The molecule has 1 aromatic heterocycles. The van der Waals surface area contributed by atoms with Crippen LogP contribution >= 0.6 is 11.3 Å². The maximum absolute atomic E-state index is 12.6. The summed E-state index contributed by atoms with van der Waals surface area (Å²) in [6.07, 6.45) is 1.14. The Morgan fingerprint density at radius 2 is 1.75 bits per heavy atom. The number of hydrogen-bond donors (Lipinski definition) is 2. The Hall–Kier alpha value is -2.71.